The van der Waals surface area contributed by atoms with Crippen molar-refractivity contribution in [3.8, 4) is 11.4 Å². The fraction of sp³-hybridized carbons (Fsp3) is 0.333. The predicted octanol–water partition coefficient (Wildman–Crippen LogP) is 1.12. The van der Waals surface area contributed by atoms with Gasteiger partial charge in [-0.1, -0.05) is 17.3 Å². The lowest BCUT2D eigenvalue weighted by molar-refractivity contribution is 0.470. The van der Waals surface area contributed by atoms with E-state index in [9.17, 15) is 5.11 Å². The van der Waals surface area contributed by atoms with Crippen molar-refractivity contribution in [2.45, 2.75) is 19.4 Å². The van der Waals surface area contributed by atoms with Gasteiger partial charge in [0.25, 0.3) is 0 Å². The van der Waals surface area contributed by atoms with E-state index in [1.54, 1.807) is 22.9 Å². The number of rotatable bonds is 4. The summed E-state index contributed by atoms with van der Waals surface area (Å²) in [5, 5.41) is 20.9. The van der Waals surface area contributed by atoms with Gasteiger partial charge in [-0.15, -0.1) is 5.10 Å². The standard InChI is InChI=1S/C12H16N4O/c1-9(13-2)7-10-8-16(15-14-10)11-5-3-4-6-12(11)17/h3-6,8-9,13,17H,7H2,1-2H3. The van der Waals surface area contributed by atoms with Crippen molar-refractivity contribution >= 4 is 0 Å². The first-order chi connectivity index (χ1) is 8.20. The van der Waals surface area contributed by atoms with Crippen LogP contribution in [0.2, 0.25) is 0 Å². The van der Waals surface area contributed by atoms with Gasteiger partial charge in [-0.3, -0.25) is 0 Å². The van der Waals surface area contributed by atoms with Gasteiger partial charge in [0.05, 0.1) is 11.9 Å². The van der Waals surface area contributed by atoms with Gasteiger partial charge in [0.1, 0.15) is 11.4 Å². The smallest absolute Gasteiger partial charge is 0.141 e. The first-order valence-corrected chi connectivity index (χ1v) is 5.57. The normalized spacial score (nSPS) is 12.6. The van der Waals surface area contributed by atoms with Crippen LogP contribution >= 0.6 is 0 Å². The molecule has 0 spiro atoms. The summed E-state index contributed by atoms with van der Waals surface area (Å²) in [5.41, 5.74) is 1.54. The van der Waals surface area contributed by atoms with Crippen LogP contribution in [0.5, 0.6) is 5.75 Å². The maximum absolute atomic E-state index is 9.70. The van der Waals surface area contributed by atoms with Crippen molar-refractivity contribution in [1.29, 1.82) is 0 Å². The summed E-state index contributed by atoms with van der Waals surface area (Å²) < 4.78 is 1.59. The number of hydrogen-bond acceptors (Lipinski definition) is 4. The Bertz CT molecular complexity index is 495. The molecule has 1 unspecified atom stereocenters. The third kappa shape index (κ3) is 2.62. The minimum absolute atomic E-state index is 0.200. The molecule has 1 heterocycles. The molecule has 5 heteroatoms. The van der Waals surface area contributed by atoms with Gasteiger partial charge in [-0.05, 0) is 26.1 Å². The lowest BCUT2D eigenvalue weighted by Crippen LogP contribution is -2.23. The average Bonchev–Trinajstić information content (AvgIpc) is 2.78. The Labute approximate surface area is 100 Å². The predicted molar refractivity (Wildman–Crippen MR) is 65.2 cm³/mol. The second-order valence-corrected chi connectivity index (χ2v) is 4.04. The Kier molecular flexibility index (Phi) is 3.39. The number of phenolic OH excluding ortho intramolecular Hbond substituents is 1. The molecule has 0 radical (unpaired) electrons. The van der Waals surface area contributed by atoms with Crippen molar-refractivity contribution in [3.63, 3.8) is 0 Å². The van der Waals surface area contributed by atoms with Gasteiger partial charge in [0.15, 0.2) is 0 Å². The first kappa shape index (κ1) is 11.6. The monoisotopic (exact) mass is 232 g/mol. The highest BCUT2D eigenvalue weighted by Gasteiger charge is 2.08. The number of phenols is 1. The van der Waals surface area contributed by atoms with Crippen LogP contribution < -0.4 is 5.32 Å². The summed E-state index contributed by atoms with van der Waals surface area (Å²) in [6.45, 7) is 2.08. The second-order valence-electron chi connectivity index (χ2n) is 4.04. The number of hydrogen-bond donors (Lipinski definition) is 2. The molecule has 17 heavy (non-hydrogen) atoms. The Morgan fingerprint density at radius 1 is 1.41 bits per heavy atom. The van der Waals surface area contributed by atoms with E-state index in [0.717, 1.165) is 12.1 Å². The minimum Gasteiger partial charge on any atom is -0.506 e. The molecule has 1 aromatic heterocycles. The van der Waals surface area contributed by atoms with Gasteiger partial charge in [0.2, 0.25) is 0 Å². The lowest BCUT2D eigenvalue weighted by Gasteiger charge is -2.06. The Morgan fingerprint density at radius 3 is 2.88 bits per heavy atom. The van der Waals surface area contributed by atoms with E-state index in [0.29, 0.717) is 11.7 Å². The van der Waals surface area contributed by atoms with E-state index in [-0.39, 0.29) is 5.75 Å². The number of benzene rings is 1. The maximum Gasteiger partial charge on any atom is 0.141 e. The van der Waals surface area contributed by atoms with E-state index < -0.39 is 0 Å². The zero-order valence-electron chi connectivity index (χ0n) is 9.96. The lowest BCUT2D eigenvalue weighted by atomic mass is 10.2. The van der Waals surface area contributed by atoms with E-state index >= 15 is 0 Å². The van der Waals surface area contributed by atoms with Crippen LogP contribution in [0.25, 0.3) is 5.69 Å². The number of likely N-dealkylation sites (N-methyl/N-ethyl adjacent to an activating group) is 1. The van der Waals surface area contributed by atoms with Gasteiger partial charge in [-0.25, -0.2) is 4.68 Å². The van der Waals surface area contributed by atoms with E-state index in [1.807, 2.05) is 19.3 Å². The third-order valence-electron chi connectivity index (χ3n) is 2.68. The van der Waals surface area contributed by atoms with Gasteiger partial charge in [0, 0.05) is 12.5 Å². The van der Waals surface area contributed by atoms with Crippen LogP contribution in [0, 0.1) is 0 Å². The van der Waals surface area contributed by atoms with Crippen molar-refractivity contribution in [2.75, 3.05) is 7.05 Å². The Hall–Kier alpha value is -1.88. The highest BCUT2D eigenvalue weighted by Crippen LogP contribution is 2.19. The molecule has 0 aliphatic rings. The fourth-order valence-corrected chi connectivity index (χ4v) is 1.58. The van der Waals surface area contributed by atoms with E-state index in [4.69, 9.17) is 0 Å². The number of nitrogens with zero attached hydrogens (tertiary/aromatic N) is 3. The summed E-state index contributed by atoms with van der Waals surface area (Å²) in [6.07, 6.45) is 2.65. The topological polar surface area (TPSA) is 63.0 Å². The van der Waals surface area contributed by atoms with Crippen LogP contribution in [0.1, 0.15) is 12.6 Å². The third-order valence-corrected chi connectivity index (χ3v) is 2.68. The molecule has 0 bridgehead atoms. The molecule has 2 aromatic rings. The molecule has 2 rings (SSSR count). The highest BCUT2D eigenvalue weighted by molar-refractivity contribution is 5.44. The molecule has 0 aliphatic carbocycles. The maximum atomic E-state index is 9.70. The Morgan fingerprint density at radius 2 is 2.18 bits per heavy atom. The molecule has 90 valence electrons. The van der Waals surface area contributed by atoms with Gasteiger partial charge >= 0.3 is 0 Å². The zero-order chi connectivity index (χ0) is 12.3. The number of aromatic nitrogens is 3. The van der Waals surface area contributed by atoms with E-state index in [2.05, 4.69) is 22.6 Å². The highest BCUT2D eigenvalue weighted by atomic mass is 16.3. The number of para-hydroxylation sites is 2. The minimum atomic E-state index is 0.200. The molecule has 0 saturated carbocycles. The van der Waals surface area contributed by atoms with Gasteiger partial charge in [-0.2, -0.15) is 0 Å². The van der Waals surface area contributed by atoms with Crippen molar-refractivity contribution in [3.05, 3.63) is 36.2 Å². The molecular weight excluding hydrogens is 216 g/mol. The molecule has 1 atom stereocenters. The quantitative estimate of drug-likeness (QED) is 0.829. The van der Waals surface area contributed by atoms with E-state index in [1.165, 1.54) is 0 Å². The van der Waals surface area contributed by atoms with Crippen molar-refractivity contribution in [1.82, 2.24) is 20.3 Å². The second kappa shape index (κ2) is 4.97. The van der Waals surface area contributed by atoms with Gasteiger partial charge < -0.3 is 10.4 Å². The number of nitrogens with one attached hydrogen (secondary N) is 1. The molecule has 1 aromatic carbocycles. The van der Waals surface area contributed by atoms with Crippen LogP contribution in [-0.2, 0) is 6.42 Å². The molecule has 0 fully saturated rings. The van der Waals surface area contributed by atoms with Crippen LogP contribution in [0.3, 0.4) is 0 Å². The summed E-state index contributed by atoms with van der Waals surface area (Å²) in [7, 11) is 1.91. The average molecular weight is 232 g/mol. The zero-order valence-corrected chi connectivity index (χ0v) is 9.96. The summed E-state index contributed by atoms with van der Waals surface area (Å²) in [6, 6.07) is 7.42. The molecule has 0 saturated heterocycles. The summed E-state index contributed by atoms with van der Waals surface area (Å²) in [5.74, 6) is 0.200. The molecular formula is C12H16N4O. The van der Waals surface area contributed by atoms with Crippen LogP contribution in [0.4, 0.5) is 0 Å². The molecule has 0 amide bonds. The number of aromatic hydroxyl groups is 1. The summed E-state index contributed by atoms with van der Waals surface area (Å²) in [4.78, 5) is 0. The fourth-order valence-electron chi connectivity index (χ4n) is 1.58. The van der Waals surface area contributed by atoms with Crippen LogP contribution in [-0.4, -0.2) is 33.2 Å². The van der Waals surface area contributed by atoms with Crippen molar-refractivity contribution in [2.24, 2.45) is 0 Å². The SMILES string of the molecule is CNC(C)Cc1cn(-c2ccccc2O)nn1. The largest absolute Gasteiger partial charge is 0.506 e. The summed E-state index contributed by atoms with van der Waals surface area (Å²) >= 11 is 0. The molecule has 0 aliphatic heterocycles. The molecule has 2 N–H and O–H groups in total. The first-order valence-electron chi connectivity index (χ1n) is 5.57. The van der Waals surface area contributed by atoms with Crippen molar-refractivity contribution < 1.29 is 5.11 Å². The molecule has 5 nitrogen and oxygen atoms in total. The van der Waals surface area contributed by atoms with Crippen LogP contribution in [0.15, 0.2) is 30.5 Å². The Balaban J connectivity index is 2.21.